The molecular weight excluding hydrogens is 237 g/mol. The maximum atomic E-state index is 13.0. The number of benzene rings is 1. The lowest BCUT2D eigenvalue weighted by Gasteiger charge is -2.17. The number of ether oxygens (including phenoxy) is 2. The molecule has 0 fully saturated rings. The lowest BCUT2D eigenvalue weighted by molar-refractivity contribution is -0.135. The van der Waals surface area contributed by atoms with Gasteiger partial charge in [0, 0.05) is 20.7 Å². The van der Waals surface area contributed by atoms with Crippen LogP contribution in [-0.4, -0.2) is 44.8 Å². The van der Waals surface area contributed by atoms with Gasteiger partial charge in [0.05, 0.1) is 13.2 Å². The molecule has 0 unspecified atom stereocenters. The van der Waals surface area contributed by atoms with Crippen LogP contribution in [0.1, 0.15) is 5.56 Å². The number of nitrogens with zero attached hydrogens (tertiary/aromatic N) is 1. The fraction of sp³-hybridized carbons (Fsp3) is 0.462. The molecule has 5 heteroatoms. The summed E-state index contributed by atoms with van der Waals surface area (Å²) < 4.78 is 22.9. The highest BCUT2D eigenvalue weighted by Gasteiger charge is 2.09. The summed E-state index contributed by atoms with van der Waals surface area (Å²) in [6, 6.07) is 6.19. The summed E-state index contributed by atoms with van der Waals surface area (Å²) in [5.41, 5.74) is 0.753. The molecule has 0 atom stereocenters. The quantitative estimate of drug-likeness (QED) is 0.692. The third-order valence-electron chi connectivity index (χ3n) is 2.39. The van der Waals surface area contributed by atoms with Gasteiger partial charge in [0.2, 0.25) is 5.91 Å². The van der Waals surface area contributed by atoms with Crippen molar-refractivity contribution in [2.45, 2.75) is 6.54 Å². The molecule has 0 heterocycles. The predicted octanol–water partition coefficient (Wildman–Crippen LogP) is 1.45. The molecule has 0 N–H and O–H groups in total. The van der Waals surface area contributed by atoms with Crippen molar-refractivity contribution >= 4 is 5.91 Å². The molecule has 0 aliphatic rings. The Kier molecular flexibility index (Phi) is 6.32. The number of hydrogen-bond donors (Lipinski definition) is 0. The molecule has 0 aliphatic carbocycles. The van der Waals surface area contributed by atoms with E-state index in [1.807, 2.05) is 0 Å². The maximum absolute atomic E-state index is 13.0. The van der Waals surface area contributed by atoms with Crippen LogP contribution >= 0.6 is 0 Å². The lowest BCUT2D eigenvalue weighted by atomic mass is 10.2. The van der Waals surface area contributed by atoms with Crippen molar-refractivity contribution in [2.75, 3.05) is 34.0 Å². The second-order valence-corrected chi connectivity index (χ2v) is 3.93. The van der Waals surface area contributed by atoms with E-state index in [9.17, 15) is 9.18 Å². The van der Waals surface area contributed by atoms with Crippen LogP contribution in [0.5, 0.6) is 0 Å². The fourth-order valence-electron chi connectivity index (χ4n) is 1.41. The van der Waals surface area contributed by atoms with Crippen LogP contribution in [-0.2, 0) is 20.8 Å². The molecule has 100 valence electrons. The van der Waals surface area contributed by atoms with E-state index < -0.39 is 0 Å². The summed E-state index contributed by atoms with van der Waals surface area (Å²) in [7, 11) is 3.23. The van der Waals surface area contributed by atoms with Crippen LogP contribution in [0.15, 0.2) is 24.3 Å². The van der Waals surface area contributed by atoms with E-state index in [-0.39, 0.29) is 18.3 Å². The van der Waals surface area contributed by atoms with E-state index in [1.165, 1.54) is 17.0 Å². The van der Waals surface area contributed by atoms with E-state index in [0.717, 1.165) is 5.56 Å². The molecule has 0 aromatic heterocycles. The normalized spacial score (nSPS) is 10.4. The molecule has 18 heavy (non-hydrogen) atoms. The first-order chi connectivity index (χ1) is 8.63. The Bertz CT molecular complexity index is 384. The predicted molar refractivity (Wildman–Crippen MR) is 65.6 cm³/mol. The van der Waals surface area contributed by atoms with Crippen molar-refractivity contribution in [3.8, 4) is 0 Å². The summed E-state index contributed by atoms with van der Waals surface area (Å²) in [5, 5.41) is 0. The van der Waals surface area contributed by atoms with Gasteiger partial charge in [-0.25, -0.2) is 4.39 Å². The molecule has 0 bridgehead atoms. The average molecular weight is 255 g/mol. The number of likely N-dealkylation sites (N-methyl/N-ethyl adjacent to an activating group) is 1. The standard InChI is InChI=1S/C13H18FNO3/c1-15(13(16)10-18-7-6-17-2)9-11-4-3-5-12(14)8-11/h3-5,8H,6-7,9-10H2,1-2H3. The van der Waals surface area contributed by atoms with E-state index >= 15 is 0 Å². The third-order valence-corrected chi connectivity index (χ3v) is 2.39. The summed E-state index contributed by atoms with van der Waals surface area (Å²) >= 11 is 0. The van der Waals surface area contributed by atoms with Gasteiger partial charge in [0.25, 0.3) is 0 Å². The highest BCUT2D eigenvalue weighted by Crippen LogP contribution is 2.06. The molecule has 0 saturated carbocycles. The van der Waals surface area contributed by atoms with Crippen molar-refractivity contribution in [1.29, 1.82) is 0 Å². The lowest BCUT2D eigenvalue weighted by Crippen LogP contribution is -2.30. The van der Waals surface area contributed by atoms with E-state index in [2.05, 4.69) is 0 Å². The first-order valence-corrected chi connectivity index (χ1v) is 5.68. The second-order valence-electron chi connectivity index (χ2n) is 3.93. The van der Waals surface area contributed by atoms with Gasteiger partial charge in [0.1, 0.15) is 12.4 Å². The van der Waals surface area contributed by atoms with Crippen molar-refractivity contribution in [3.05, 3.63) is 35.6 Å². The molecule has 1 amide bonds. The van der Waals surface area contributed by atoms with Crippen LogP contribution in [0, 0.1) is 5.82 Å². The largest absolute Gasteiger partial charge is 0.382 e. The van der Waals surface area contributed by atoms with Crippen molar-refractivity contribution in [3.63, 3.8) is 0 Å². The minimum atomic E-state index is -0.301. The fourth-order valence-corrected chi connectivity index (χ4v) is 1.41. The van der Waals surface area contributed by atoms with Gasteiger partial charge in [-0.3, -0.25) is 4.79 Å². The number of carbonyl (C=O) groups is 1. The third kappa shape index (κ3) is 5.25. The molecule has 0 radical (unpaired) electrons. The Morgan fingerprint density at radius 3 is 2.83 bits per heavy atom. The molecular formula is C13H18FNO3. The number of rotatable bonds is 7. The van der Waals surface area contributed by atoms with Gasteiger partial charge < -0.3 is 14.4 Å². The van der Waals surface area contributed by atoms with E-state index in [4.69, 9.17) is 9.47 Å². The van der Waals surface area contributed by atoms with Gasteiger partial charge in [-0.1, -0.05) is 12.1 Å². The summed E-state index contributed by atoms with van der Waals surface area (Å²) in [4.78, 5) is 13.2. The van der Waals surface area contributed by atoms with Gasteiger partial charge in [-0.2, -0.15) is 0 Å². The Hall–Kier alpha value is -1.46. The first kappa shape index (κ1) is 14.6. The zero-order valence-corrected chi connectivity index (χ0v) is 10.7. The number of halogens is 1. The second kappa shape index (κ2) is 7.79. The van der Waals surface area contributed by atoms with Crippen molar-refractivity contribution in [1.82, 2.24) is 4.90 Å². The van der Waals surface area contributed by atoms with Crippen LogP contribution in [0.3, 0.4) is 0 Å². The number of methoxy groups -OCH3 is 1. The Balaban J connectivity index is 2.35. The molecule has 1 aromatic rings. The number of amides is 1. The summed E-state index contributed by atoms with van der Waals surface area (Å²) in [5.74, 6) is -0.444. The van der Waals surface area contributed by atoms with Crippen LogP contribution < -0.4 is 0 Å². The topological polar surface area (TPSA) is 38.8 Å². The van der Waals surface area contributed by atoms with Gasteiger partial charge >= 0.3 is 0 Å². The zero-order valence-electron chi connectivity index (χ0n) is 10.7. The SMILES string of the molecule is COCCOCC(=O)N(C)Cc1cccc(F)c1. The number of hydrogen-bond acceptors (Lipinski definition) is 3. The molecule has 1 rings (SSSR count). The smallest absolute Gasteiger partial charge is 0.248 e. The highest BCUT2D eigenvalue weighted by atomic mass is 19.1. The minimum Gasteiger partial charge on any atom is -0.382 e. The molecule has 0 aliphatic heterocycles. The zero-order chi connectivity index (χ0) is 13.4. The van der Waals surface area contributed by atoms with E-state index in [0.29, 0.717) is 19.8 Å². The maximum Gasteiger partial charge on any atom is 0.248 e. The Morgan fingerprint density at radius 2 is 2.17 bits per heavy atom. The van der Waals surface area contributed by atoms with Crippen LogP contribution in [0.25, 0.3) is 0 Å². The van der Waals surface area contributed by atoms with Crippen LogP contribution in [0.4, 0.5) is 4.39 Å². The van der Waals surface area contributed by atoms with Crippen LogP contribution in [0.2, 0.25) is 0 Å². The van der Waals surface area contributed by atoms with E-state index in [1.54, 1.807) is 26.3 Å². The minimum absolute atomic E-state index is 0.00910. The average Bonchev–Trinajstić information content (AvgIpc) is 2.34. The van der Waals surface area contributed by atoms with Gasteiger partial charge in [-0.05, 0) is 17.7 Å². The summed E-state index contributed by atoms with van der Waals surface area (Å²) in [6.45, 7) is 1.22. The Morgan fingerprint density at radius 1 is 1.39 bits per heavy atom. The monoisotopic (exact) mass is 255 g/mol. The first-order valence-electron chi connectivity index (χ1n) is 5.68. The Labute approximate surface area is 106 Å². The highest BCUT2D eigenvalue weighted by molar-refractivity contribution is 5.77. The molecule has 4 nitrogen and oxygen atoms in total. The molecule has 1 aromatic carbocycles. The number of carbonyl (C=O) groups excluding carboxylic acids is 1. The summed E-state index contributed by atoms with van der Waals surface area (Å²) in [6.07, 6.45) is 0. The molecule has 0 saturated heterocycles. The van der Waals surface area contributed by atoms with Gasteiger partial charge in [-0.15, -0.1) is 0 Å². The van der Waals surface area contributed by atoms with Crippen molar-refractivity contribution in [2.24, 2.45) is 0 Å². The van der Waals surface area contributed by atoms with Gasteiger partial charge in [0.15, 0.2) is 0 Å². The van der Waals surface area contributed by atoms with Crippen molar-refractivity contribution < 1.29 is 18.7 Å². The molecule has 0 spiro atoms.